The molecule has 0 N–H and O–H groups in total. The number of rotatable bonds is 3. The summed E-state index contributed by atoms with van der Waals surface area (Å²) < 4.78 is 24.5. The molecule has 0 aromatic carbocycles. The van der Waals surface area contributed by atoms with Crippen LogP contribution in [0, 0.1) is 5.82 Å². The van der Waals surface area contributed by atoms with Crippen molar-refractivity contribution < 1.29 is 18.7 Å². The van der Waals surface area contributed by atoms with Crippen LogP contribution in [-0.4, -0.2) is 40.3 Å². The normalized spacial score (nSPS) is 17.9. The van der Waals surface area contributed by atoms with Crippen molar-refractivity contribution in [2.45, 2.75) is 58.3 Å². The number of hydrogen-bond acceptors (Lipinski definition) is 4. The van der Waals surface area contributed by atoms with Gasteiger partial charge >= 0.3 is 6.09 Å². The zero-order chi connectivity index (χ0) is 17.1. The number of amides is 1. The molecule has 0 unspecified atom stereocenters. The predicted molar refractivity (Wildman–Crippen MR) is 84.4 cm³/mol. The molecule has 5 nitrogen and oxygen atoms in total. The third kappa shape index (κ3) is 5.46. The second-order valence-corrected chi connectivity index (χ2v) is 7.22. The van der Waals surface area contributed by atoms with E-state index >= 15 is 0 Å². The van der Waals surface area contributed by atoms with Gasteiger partial charge in [-0.3, -0.25) is 4.98 Å². The molecule has 23 heavy (non-hydrogen) atoms. The van der Waals surface area contributed by atoms with E-state index < -0.39 is 5.60 Å². The fraction of sp³-hybridized carbons (Fsp3) is 0.647. The van der Waals surface area contributed by atoms with Gasteiger partial charge in [0.05, 0.1) is 18.4 Å². The molecule has 2 rings (SSSR count). The maximum Gasteiger partial charge on any atom is 0.410 e. The highest BCUT2D eigenvalue weighted by Crippen LogP contribution is 2.28. The summed E-state index contributed by atoms with van der Waals surface area (Å²) in [4.78, 5) is 17.6. The summed E-state index contributed by atoms with van der Waals surface area (Å²) in [6.45, 7) is 9.08. The summed E-state index contributed by atoms with van der Waals surface area (Å²) in [6.07, 6.45) is 3.92. The van der Waals surface area contributed by atoms with Crippen LogP contribution in [0.25, 0.3) is 0 Å². The average Bonchev–Trinajstić information content (AvgIpc) is 2.44. The minimum absolute atomic E-state index is 0.283. The quantitative estimate of drug-likeness (QED) is 0.853. The lowest BCUT2D eigenvalue weighted by molar-refractivity contribution is -0.0813. The average molecular weight is 324 g/mol. The van der Waals surface area contributed by atoms with Crippen LogP contribution in [0.15, 0.2) is 18.5 Å². The second-order valence-electron chi connectivity index (χ2n) is 7.22. The van der Waals surface area contributed by atoms with Crippen LogP contribution in [-0.2, 0) is 16.1 Å². The van der Waals surface area contributed by atoms with E-state index in [1.807, 2.05) is 27.7 Å². The molecule has 0 aliphatic carbocycles. The Morgan fingerprint density at radius 3 is 2.57 bits per heavy atom. The lowest BCUT2D eigenvalue weighted by atomic mass is 9.93. The van der Waals surface area contributed by atoms with Crippen molar-refractivity contribution >= 4 is 6.09 Å². The molecule has 1 aromatic heterocycles. The highest BCUT2D eigenvalue weighted by atomic mass is 19.1. The number of piperidine rings is 1. The van der Waals surface area contributed by atoms with Crippen molar-refractivity contribution in [1.29, 1.82) is 0 Å². The Morgan fingerprint density at radius 2 is 2.00 bits per heavy atom. The number of ether oxygens (including phenoxy) is 2. The molecule has 1 amide bonds. The highest BCUT2D eigenvalue weighted by molar-refractivity contribution is 5.68. The standard InChI is InChI=1S/C17H25FN2O3/c1-16(2,3)23-15(21)20-7-5-17(4,6-8-20)22-12-13-9-14(18)11-19-10-13/h9-11H,5-8,12H2,1-4H3. The van der Waals surface area contributed by atoms with Gasteiger partial charge in [-0.2, -0.15) is 0 Å². The van der Waals surface area contributed by atoms with Crippen molar-refractivity contribution in [2.75, 3.05) is 13.1 Å². The summed E-state index contributed by atoms with van der Waals surface area (Å²) >= 11 is 0. The van der Waals surface area contributed by atoms with E-state index in [1.54, 1.807) is 11.1 Å². The lowest BCUT2D eigenvalue weighted by Crippen LogP contribution is -2.47. The van der Waals surface area contributed by atoms with E-state index in [0.717, 1.165) is 12.8 Å². The first kappa shape index (κ1) is 17.7. The van der Waals surface area contributed by atoms with Gasteiger partial charge in [0.25, 0.3) is 0 Å². The van der Waals surface area contributed by atoms with Gasteiger partial charge < -0.3 is 14.4 Å². The van der Waals surface area contributed by atoms with Gasteiger partial charge in [-0.25, -0.2) is 9.18 Å². The topological polar surface area (TPSA) is 51.7 Å². The summed E-state index contributed by atoms with van der Waals surface area (Å²) in [7, 11) is 0. The molecule has 1 aliphatic heterocycles. The SMILES string of the molecule is CC(C)(C)OC(=O)N1CCC(C)(OCc2cncc(F)c2)CC1. The zero-order valence-electron chi connectivity index (χ0n) is 14.3. The van der Waals surface area contributed by atoms with Crippen molar-refractivity contribution in [1.82, 2.24) is 9.88 Å². The molecule has 1 aliphatic rings. The monoisotopic (exact) mass is 324 g/mol. The molecular weight excluding hydrogens is 299 g/mol. The predicted octanol–water partition coefficient (Wildman–Crippen LogP) is 3.53. The summed E-state index contributed by atoms with van der Waals surface area (Å²) in [5, 5.41) is 0. The maximum atomic E-state index is 13.1. The van der Waals surface area contributed by atoms with Gasteiger partial charge in [0.2, 0.25) is 0 Å². The summed E-state index contributed by atoms with van der Waals surface area (Å²) in [6, 6.07) is 1.42. The van der Waals surface area contributed by atoms with Crippen LogP contribution in [0.5, 0.6) is 0 Å². The van der Waals surface area contributed by atoms with Gasteiger partial charge in [0, 0.05) is 19.3 Å². The Hall–Kier alpha value is -1.69. The molecule has 0 spiro atoms. The van der Waals surface area contributed by atoms with Gasteiger partial charge in [0.15, 0.2) is 0 Å². The molecule has 1 saturated heterocycles. The van der Waals surface area contributed by atoms with Crippen LogP contribution in [0.4, 0.5) is 9.18 Å². The highest BCUT2D eigenvalue weighted by Gasteiger charge is 2.34. The van der Waals surface area contributed by atoms with Crippen molar-refractivity contribution in [2.24, 2.45) is 0 Å². The fourth-order valence-corrected chi connectivity index (χ4v) is 2.43. The van der Waals surface area contributed by atoms with E-state index in [1.165, 1.54) is 12.3 Å². The molecule has 0 saturated carbocycles. The summed E-state index contributed by atoms with van der Waals surface area (Å²) in [5.41, 5.74) is -0.107. The fourth-order valence-electron chi connectivity index (χ4n) is 2.43. The minimum Gasteiger partial charge on any atom is -0.444 e. The van der Waals surface area contributed by atoms with Crippen LogP contribution >= 0.6 is 0 Å². The largest absolute Gasteiger partial charge is 0.444 e. The minimum atomic E-state index is -0.487. The van der Waals surface area contributed by atoms with Gasteiger partial charge in [0.1, 0.15) is 11.4 Å². The molecule has 6 heteroatoms. The van der Waals surface area contributed by atoms with E-state index in [4.69, 9.17) is 9.47 Å². The number of carbonyl (C=O) groups excluding carboxylic acids is 1. The lowest BCUT2D eigenvalue weighted by Gasteiger charge is -2.39. The molecule has 0 radical (unpaired) electrons. The van der Waals surface area contributed by atoms with Gasteiger partial charge in [-0.1, -0.05) is 0 Å². The van der Waals surface area contributed by atoms with Crippen molar-refractivity contribution in [3.63, 3.8) is 0 Å². The number of aromatic nitrogens is 1. The van der Waals surface area contributed by atoms with Gasteiger partial charge in [-0.05, 0) is 52.2 Å². The van der Waals surface area contributed by atoms with E-state index in [0.29, 0.717) is 25.3 Å². The Kier molecular flexibility index (Phi) is 5.24. The van der Waals surface area contributed by atoms with E-state index in [-0.39, 0.29) is 17.5 Å². The molecule has 0 atom stereocenters. The first-order chi connectivity index (χ1) is 10.7. The first-order valence-electron chi connectivity index (χ1n) is 7.88. The summed E-state index contributed by atoms with van der Waals surface area (Å²) in [5.74, 6) is -0.365. The third-order valence-corrected chi connectivity index (χ3v) is 3.82. The third-order valence-electron chi connectivity index (χ3n) is 3.82. The number of hydrogen-bond donors (Lipinski definition) is 0. The Balaban J connectivity index is 1.83. The molecule has 128 valence electrons. The smallest absolute Gasteiger partial charge is 0.410 e. The van der Waals surface area contributed by atoms with Crippen LogP contribution in [0.1, 0.15) is 46.1 Å². The van der Waals surface area contributed by atoms with Crippen LogP contribution < -0.4 is 0 Å². The Bertz CT molecular complexity index is 549. The number of carbonyl (C=O) groups is 1. The molecule has 1 fully saturated rings. The zero-order valence-corrected chi connectivity index (χ0v) is 14.3. The van der Waals surface area contributed by atoms with Gasteiger partial charge in [-0.15, -0.1) is 0 Å². The Labute approximate surface area is 136 Å². The maximum absolute atomic E-state index is 13.1. The van der Waals surface area contributed by atoms with Crippen molar-refractivity contribution in [3.8, 4) is 0 Å². The van der Waals surface area contributed by atoms with E-state index in [2.05, 4.69) is 4.98 Å². The molecule has 2 heterocycles. The Morgan fingerprint density at radius 1 is 1.35 bits per heavy atom. The molecule has 0 bridgehead atoms. The number of nitrogens with zero attached hydrogens (tertiary/aromatic N) is 2. The molecular formula is C17H25FN2O3. The number of halogens is 1. The van der Waals surface area contributed by atoms with Crippen LogP contribution in [0.3, 0.4) is 0 Å². The molecule has 1 aromatic rings. The number of pyridine rings is 1. The van der Waals surface area contributed by atoms with Crippen molar-refractivity contribution in [3.05, 3.63) is 29.8 Å². The van der Waals surface area contributed by atoms with E-state index in [9.17, 15) is 9.18 Å². The van der Waals surface area contributed by atoms with Crippen LogP contribution in [0.2, 0.25) is 0 Å². The number of likely N-dealkylation sites (tertiary alicyclic amines) is 1. The first-order valence-corrected chi connectivity index (χ1v) is 7.88. The second kappa shape index (κ2) is 6.83.